The maximum atomic E-state index is 7.12. The first-order valence-electron chi connectivity index (χ1n) is 22.2. The molecule has 62 heavy (non-hydrogen) atoms. The molecule has 7 aromatic rings. The summed E-state index contributed by atoms with van der Waals surface area (Å²) in [7, 11) is 0. The van der Waals surface area contributed by atoms with E-state index in [0.29, 0.717) is 5.92 Å². The fraction of sp³-hybridized carbons (Fsp3) is 0.138. The van der Waals surface area contributed by atoms with Crippen LogP contribution in [0.5, 0.6) is 11.5 Å². The van der Waals surface area contributed by atoms with Crippen LogP contribution in [0.15, 0.2) is 193 Å². The maximum absolute atomic E-state index is 7.12. The van der Waals surface area contributed by atoms with Crippen molar-refractivity contribution in [2.45, 2.75) is 50.1 Å². The Bertz CT molecular complexity index is 3190. The Labute approximate surface area is 363 Å². The van der Waals surface area contributed by atoms with Crippen molar-refractivity contribution >= 4 is 51.4 Å². The molecule has 0 bridgehead atoms. The monoisotopic (exact) mass is 797 g/mol. The van der Waals surface area contributed by atoms with Gasteiger partial charge in [-0.3, -0.25) is 0 Å². The third kappa shape index (κ3) is 5.39. The van der Waals surface area contributed by atoms with E-state index in [0.717, 1.165) is 34.8 Å². The van der Waals surface area contributed by atoms with Crippen LogP contribution < -0.4 is 25.3 Å². The Kier molecular flexibility index (Phi) is 7.91. The van der Waals surface area contributed by atoms with Gasteiger partial charge in [0.1, 0.15) is 23.4 Å². The standard InChI is InChI=1S/C58H44BNO2/c1-35-11-3-7-15-44(35)40-23-29-50-52(31-40)61-54-33-42(34-55-56(54)59(50)51-30-24-41(32-53(51)62-55)45-16-8-4-12-36(45)2)37-19-25-43(26-20-37)60-57-46-17-9-5-13-38(46)21-27-48(57)49-28-22-39-14-6-10-18-47(39)58(49)60/h3-15,17-34,45,48,54,56-57H,16H2,1-2H3. The van der Waals surface area contributed by atoms with Gasteiger partial charge >= 0.3 is 0 Å². The van der Waals surface area contributed by atoms with Crippen LogP contribution in [0.3, 0.4) is 0 Å². The molecule has 5 atom stereocenters. The SMILES string of the molecule is CC1=CC=CCC1c1ccc2c(c1)OC1=CC(c3ccc(N4c5c(ccc6ccccc56)C5C=Cc6ccccc6C54)cc3)=CC3Oc4cc(-c5ccccc5C)ccc4B2C13. The van der Waals surface area contributed by atoms with Crippen molar-refractivity contribution in [3.63, 3.8) is 0 Å². The summed E-state index contributed by atoms with van der Waals surface area (Å²) >= 11 is 0. The summed E-state index contributed by atoms with van der Waals surface area (Å²) in [5, 5.41) is 2.55. The Hall–Kier alpha value is -7.04. The minimum Gasteiger partial charge on any atom is -0.487 e. The normalized spacial score (nSPS) is 22.2. The molecule has 7 aromatic carbocycles. The second-order valence-electron chi connectivity index (χ2n) is 17.9. The van der Waals surface area contributed by atoms with Gasteiger partial charge < -0.3 is 14.4 Å². The van der Waals surface area contributed by atoms with E-state index >= 15 is 0 Å². The molecule has 0 spiro atoms. The number of benzene rings is 7. The van der Waals surface area contributed by atoms with E-state index in [-0.39, 0.29) is 30.6 Å². The zero-order chi connectivity index (χ0) is 41.1. The molecule has 5 unspecified atom stereocenters. The molecule has 0 radical (unpaired) electrons. The predicted molar refractivity (Wildman–Crippen MR) is 257 cm³/mol. The van der Waals surface area contributed by atoms with Gasteiger partial charge in [-0.1, -0.05) is 157 Å². The Morgan fingerprint density at radius 2 is 1.52 bits per heavy atom. The quantitative estimate of drug-likeness (QED) is 0.166. The van der Waals surface area contributed by atoms with Crippen LogP contribution >= 0.6 is 0 Å². The van der Waals surface area contributed by atoms with Gasteiger partial charge in [-0.15, -0.1) is 0 Å². The molecule has 4 heteroatoms. The number of aryl methyl sites for hydroxylation is 1. The number of fused-ring (bicyclic) bond motifs is 11. The van der Waals surface area contributed by atoms with Crippen LogP contribution in [-0.2, 0) is 0 Å². The van der Waals surface area contributed by atoms with E-state index in [1.54, 1.807) is 0 Å². The average Bonchev–Trinajstić information content (AvgIpc) is 3.67. The third-order valence-electron chi connectivity index (χ3n) is 14.6. The topological polar surface area (TPSA) is 21.7 Å². The van der Waals surface area contributed by atoms with Crippen molar-refractivity contribution in [3.05, 3.63) is 227 Å². The van der Waals surface area contributed by atoms with E-state index in [4.69, 9.17) is 9.47 Å². The number of nitrogens with zero attached hydrogens (tertiary/aromatic N) is 1. The maximum Gasteiger partial charge on any atom is 0.234 e. The van der Waals surface area contributed by atoms with Crippen molar-refractivity contribution in [2.24, 2.45) is 0 Å². The number of allylic oxidation sites excluding steroid dienone is 6. The van der Waals surface area contributed by atoms with Gasteiger partial charge in [-0.25, -0.2) is 0 Å². The summed E-state index contributed by atoms with van der Waals surface area (Å²) in [5.74, 6) is 3.52. The van der Waals surface area contributed by atoms with Gasteiger partial charge in [-0.2, -0.15) is 0 Å². The second-order valence-corrected chi connectivity index (χ2v) is 17.9. The summed E-state index contributed by atoms with van der Waals surface area (Å²) < 4.78 is 14.2. The molecular weight excluding hydrogens is 753 g/mol. The molecule has 3 aliphatic heterocycles. The molecule has 296 valence electrons. The summed E-state index contributed by atoms with van der Waals surface area (Å²) in [4.78, 5) is 2.60. The number of anilines is 2. The molecular formula is C58H44BNO2. The first-order chi connectivity index (χ1) is 30.6. The van der Waals surface area contributed by atoms with E-state index in [2.05, 4.69) is 207 Å². The van der Waals surface area contributed by atoms with Gasteiger partial charge in [0.15, 0.2) is 0 Å². The lowest BCUT2D eigenvalue weighted by atomic mass is 9.30. The highest BCUT2D eigenvalue weighted by molar-refractivity contribution is 6.88. The molecule has 3 aliphatic carbocycles. The lowest BCUT2D eigenvalue weighted by Crippen LogP contribution is -2.58. The van der Waals surface area contributed by atoms with E-state index in [1.807, 2.05) is 0 Å². The van der Waals surface area contributed by atoms with E-state index in [9.17, 15) is 0 Å². The molecule has 0 amide bonds. The molecule has 13 rings (SSSR count). The smallest absolute Gasteiger partial charge is 0.234 e. The average molecular weight is 798 g/mol. The van der Waals surface area contributed by atoms with Gasteiger partial charge in [-0.05, 0) is 123 Å². The first-order valence-corrected chi connectivity index (χ1v) is 22.2. The Balaban J connectivity index is 0.921. The number of rotatable bonds is 4. The lowest BCUT2D eigenvalue weighted by Gasteiger charge is -2.43. The molecule has 0 fully saturated rings. The molecule has 0 saturated heterocycles. The zero-order valence-corrected chi connectivity index (χ0v) is 34.8. The van der Waals surface area contributed by atoms with Crippen LogP contribution in [-0.4, -0.2) is 12.8 Å². The second kappa shape index (κ2) is 13.7. The molecule has 3 nitrogen and oxygen atoms in total. The van der Waals surface area contributed by atoms with Crippen molar-refractivity contribution < 1.29 is 9.47 Å². The lowest BCUT2D eigenvalue weighted by molar-refractivity contribution is 0.220. The van der Waals surface area contributed by atoms with Gasteiger partial charge in [0.25, 0.3) is 0 Å². The zero-order valence-electron chi connectivity index (χ0n) is 34.8. The van der Waals surface area contributed by atoms with Crippen LogP contribution in [0.1, 0.15) is 64.6 Å². The number of ether oxygens (including phenoxy) is 2. The van der Waals surface area contributed by atoms with Crippen molar-refractivity contribution in [3.8, 4) is 22.6 Å². The van der Waals surface area contributed by atoms with Crippen LogP contribution in [0.25, 0.3) is 33.5 Å². The highest BCUT2D eigenvalue weighted by Gasteiger charge is 2.50. The fourth-order valence-corrected chi connectivity index (χ4v) is 11.6. The van der Waals surface area contributed by atoms with Crippen molar-refractivity contribution in [2.75, 3.05) is 4.90 Å². The molecule has 3 heterocycles. The minimum atomic E-state index is -0.195. The van der Waals surface area contributed by atoms with Gasteiger partial charge in [0.2, 0.25) is 6.71 Å². The summed E-state index contributed by atoms with van der Waals surface area (Å²) in [6.07, 6.45) is 16.9. The highest BCUT2D eigenvalue weighted by atomic mass is 16.5. The van der Waals surface area contributed by atoms with Crippen LogP contribution in [0, 0.1) is 6.92 Å². The Morgan fingerprint density at radius 1 is 0.710 bits per heavy atom. The molecule has 0 saturated carbocycles. The minimum absolute atomic E-state index is 0.0261. The molecule has 6 aliphatic rings. The molecule has 0 N–H and O–H groups in total. The fourth-order valence-electron chi connectivity index (χ4n) is 11.6. The third-order valence-corrected chi connectivity index (χ3v) is 14.6. The summed E-state index contributed by atoms with van der Waals surface area (Å²) in [5.41, 5.74) is 17.6. The van der Waals surface area contributed by atoms with Crippen molar-refractivity contribution in [1.82, 2.24) is 0 Å². The number of hydrogen-bond donors (Lipinski definition) is 0. The Morgan fingerprint density at radius 3 is 2.42 bits per heavy atom. The first kappa shape index (κ1) is 35.7. The van der Waals surface area contributed by atoms with Crippen LogP contribution in [0.4, 0.5) is 11.4 Å². The van der Waals surface area contributed by atoms with Crippen molar-refractivity contribution in [1.29, 1.82) is 0 Å². The predicted octanol–water partition coefficient (Wildman–Crippen LogP) is 12.9. The van der Waals surface area contributed by atoms with Crippen LogP contribution in [0.2, 0.25) is 5.82 Å². The largest absolute Gasteiger partial charge is 0.487 e. The summed E-state index contributed by atoms with van der Waals surface area (Å²) in [6, 6.07) is 54.2. The van der Waals surface area contributed by atoms with E-state index < -0.39 is 0 Å². The highest BCUT2D eigenvalue weighted by Crippen LogP contribution is 2.58. The molecule has 0 aromatic heterocycles. The summed E-state index contributed by atoms with van der Waals surface area (Å²) in [6.45, 7) is 4.53. The van der Waals surface area contributed by atoms with Gasteiger partial charge in [0.05, 0.1) is 11.7 Å². The van der Waals surface area contributed by atoms with E-state index in [1.165, 1.54) is 77.6 Å². The van der Waals surface area contributed by atoms with Gasteiger partial charge in [0, 0.05) is 28.7 Å². The number of hydrogen-bond acceptors (Lipinski definition) is 3.